The van der Waals surface area contributed by atoms with Gasteiger partial charge < -0.3 is 10.2 Å². The van der Waals surface area contributed by atoms with Gasteiger partial charge in [0.2, 0.25) is 0 Å². The first-order chi connectivity index (χ1) is 5.63. The number of hydrogen-bond acceptors (Lipinski definition) is 3. The normalized spacial score (nSPS) is 11.8. The summed E-state index contributed by atoms with van der Waals surface area (Å²) in [6.07, 6.45) is -1.12. The van der Waals surface area contributed by atoms with Gasteiger partial charge in [-0.3, -0.25) is 0 Å². The van der Waals surface area contributed by atoms with Crippen LogP contribution in [-0.2, 0) is 9.59 Å². The number of aliphatic carboxylic acids is 1. The molecule has 2 N–H and O–H groups in total. The second-order valence-electron chi connectivity index (χ2n) is 2.16. The molecule has 0 saturated carbocycles. The number of rotatable bonds is 5. The van der Waals surface area contributed by atoms with E-state index in [1.807, 2.05) is 0 Å². The Balaban J connectivity index is 4.17. The van der Waals surface area contributed by atoms with E-state index in [4.69, 9.17) is 21.8 Å². The van der Waals surface area contributed by atoms with Crippen LogP contribution in [-0.4, -0.2) is 34.1 Å². The second-order valence-corrected chi connectivity index (χ2v) is 2.54. The molecule has 0 radical (unpaired) electrons. The van der Waals surface area contributed by atoms with Crippen LogP contribution in [0.3, 0.4) is 0 Å². The minimum absolute atomic E-state index is 0.164. The molecular formula is C7H9ClO4. The number of hydrogen-bond donors (Lipinski definition) is 2. The molecule has 0 rings (SSSR count). The minimum Gasteiger partial charge on any atom is -0.479 e. The Labute approximate surface area is 74.5 Å². The van der Waals surface area contributed by atoms with Gasteiger partial charge in [0.05, 0.1) is 5.57 Å². The Hall–Kier alpha value is -0.830. The van der Waals surface area contributed by atoms with Crippen molar-refractivity contribution in [2.45, 2.75) is 18.9 Å². The Kier molecular flexibility index (Phi) is 5.37. The zero-order chi connectivity index (χ0) is 9.56. The van der Waals surface area contributed by atoms with Crippen LogP contribution in [0.25, 0.3) is 0 Å². The van der Waals surface area contributed by atoms with Crippen molar-refractivity contribution in [3.8, 4) is 0 Å². The van der Waals surface area contributed by atoms with Gasteiger partial charge in [0, 0.05) is 5.88 Å². The molecule has 0 aromatic heterocycles. The lowest BCUT2D eigenvalue weighted by atomic mass is 10.1. The number of aliphatic hydroxyl groups is 1. The van der Waals surface area contributed by atoms with Crippen LogP contribution < -0.4 is 0 Å². The SMILES string of the molecule is O=C=C(CCCCl)C(O)C(=O)O. The highest BCUT2D eigenvalue weighted by molar-refractivity contribution is 6.17. The van der Waals surface area contributed by atoms with Crippen molar-refractivity contribution in [2.75, 3.05) is 5.88 Å². The molecule has 12 heavy (non-hydrogen) atoms. The van der Waals surface area contributed by atoms with Gasteiger partial charge in [-0.15, -0.1) is 11.6 Å². The molecule has 0 amide bonds. The molecular weight excluding hydrogens is 184 g/mol. The van der Waals surface area contributed by atoms with E-state index < -0.39 is 12.1 Å². The highest BCUT2D eigenvalue weighted by atomic mass is 35.5. The molecule has 0 aliphatic carbocycles. The van der Waals surface area contributed by atoms with Crippen molar-refractivity contribution >= 4 is 23.5 Å². The largest absolute Gasteiger partial charge is 0.479 e. The van der Waals surface area contributed by atoms with E-state index >= 15 is 0 Å². The molecule has 1 unspecified atom stereocenters. The van der Waals surface area contributed by atoms with Crippen molar-refractivity contribution < 1.29 is 19.8 Å². The summed E-state index contributed by atoms with van der Waals surface area (Å²) in [7, 11) is 0. The lowest BCUT2D eigenvalue weighted by molar-refractivity contribution is -0.144. The third-order valence-corrected chi connectivity index (χ3v) is 1.54. The van der Waals surface area contributed by atoms with E-state index in [0.717, 1.165) is 0 Å². The number of carboxylic acids is 1. The summed E-state index contributed by atoms with van der Waals surface area (Å²) in [4.78, 5) is 20.3. The van der Waals surface area contributed by atoms with E-state index in [1.165, 1.54) is 5.94 Å². The Bertz CT molecular complexity index is 207. The highest BCUT2D eigenvalue weighted by Gasteiger charge is 2.19. The molecule has 0 aliphatic heterocycles. The van der Waals surface area contributed by atoms with Gasteiger partial charge in [-0.1, -0.05) is 0 Å². The van der Waals surface area contributed by atoms with Crippen molar-refractivity contribution in [1.82, 2.24) is 0 Å². The summed E-state index contributed by atoms with van der Waals surface area (Å²) in [5.74, 6) is 0.270. The van der Waals surface area contributed by atoms with Crippen molar-refractivity contribution in [1.29, 1.82) is 0 Å². The van der Waals surface area contributed by atoms with E-state index in [9.17, 15) is 9.59 Å². The van der Waals surface area contributed by atoms with E-state index in [1.54, 1.807) is 0 Å². The maximum absolute atomic E-state index is 10.2. The first-order valence-corrected chi connectivity index (χ1v) is 3.87. The first-order valence-electron chi connectivity index (χ1n) is 3.34. The number of halogens is 1. The predicted molar refractivity (Wildman–Crippen MR) is 42.8 cm³/mol. The zero-order valence-corrected chi connectivity index (χ0v) is 7.04. The molecule has 0 heterocycles. The van der Waals surface area contributed by atoms with Crippen LogP contribution in [0, 0.1) is 0 Å². The van der Waals surface area contributed by atoms with Gasteiger partial charge in [-0.2, -0.15) is 0 Å². The topological polar surface area (TPSA) is 74.6 Å². The summed E-state index contributed by atoms with van der Waals surface area (Å²) in [6, 6.07) is 0. The summed E-state index contributed by atoms with van der Waals surface area (Å²) < 4.78 is 0. The van der Waals surface area contributed by atoms with Crippen molar-refractivity contribution in [2.24, 2.45) is 0 Å². The third-order valence-electron chi connectivity index (χ3n) is 1.27. The molecule has 5 heteroatoms. The number of aliphatic hydroxyl groups excluding tert-OH is 1. The number of carboxylic acid groups (broad SMARTS) is 1. The van der Waals surface area contributed by atoms with Crippen LogP contribution >= 0.6 is 11.6 Å². The zero-order valence-electron chi connectivity index (χ0n) is 6.29. The van der Waals surface area contributed by atoms with Gasteiger partial charge in [0.15, 0.2) is 6.10 Å². The molecule has 0 fully saturated rings. The average Bonchev–Trinajstić information content (AvgIpc) is 2.05. The molecule has 4 nitrogen and oxygen atoms in total. The fraction of sp³-hybridized carbons (Fsp3) is 0.571. The summed E-state index contributed by atoms with van der Waals surface area (Å²) in [5, 5.41) is 17.2. The van der Waals surface area contributed by atoms with Gasteiger partial charge in [-0.05, 0) is 12.8 Å². The maximum Gasteiger partial charge on any atom is 0.337 e. The summed E-state index contributed by atoms with van der Waals surface area (Å²) >= 11 is 5.31. The molecule has 68 valence electrons. The summed E-state index contributed by atoms with van der Waals surface area (Å²) in [5.41, 5.74) is -0.164. The minimum atomic E-state index is -1.74. The molecule has 0 bridgehead atoms. The number of alkyl halides is 1. The summed E-state index contributed by atoms with van der Waals surface area (Å²) in [6.45, 7) is 0. The van der Waals surface area contributed by atoms with Gasteiger partial charge >= 0.3 is 5.97 Å². The third kappa shape index (κ3) is 3.53. The quantitative estimate of drug-likeness (QED) is 0.482. The van der Waals surface area contributed by atoms with Crippen LogP contribution in [0.5, 0.6) is 0 Å². The fourth-order valence-electron chi connectivity index (χ4n) is 0.650. The smallest absolute Gasteiger partial charge is 0.337 e. The van der Waals surface area contributed by atoms with Gasteiger partial charge in [0.1, 0.15) is 5.94 Å². The van der Waals surface area contributed by atoms with Crippen molar-refractivity contribution in [3.63, 3.8) is 0 Å². The Morgan fingerprint density at radius 3 is 2.50 bits per heavy atom. The van der Waals surface area contributed by atoms with E-state index in [0.29, 0.717) is 12.3 Å². The van der Waals surface area contributed by atoms with Crippen LogP contribution in [0.1, 0.15) is 12.8 Å². The predicted octanol–water partition coefficient (Wildman–Crippen LogP) is 0.209. The fourth-order valence-corrected chi connectivity index (χ4v) is 0.784. The molecule has 0 spiro atoms. The molecule has 0 aliphatic rings. The van der Waals surface area contributed by atoms with E-state index in [2.05, 4.69) is 0 Å². The monoisotopic (exact) mass is 192 g/mol. The van der Waals surface area contributed by atoms with Crippen LogP contribution in [0.2, 0.25) is 0 Å². The van der Waals surface area contributed by atoms with Crippen LogP contribution in [0.15, 0.2) is 5.57 Å². The van der Waals surface area contributed by atoms with E-state index in [-0.39, 0.29) is 12.0 Å². The standard InChI is InChI=1S/C7H9ClO4/c8-3-1-2-5(4-9)6(10)7(11)12/h6,10H,1-3H2,(H,11,12). The average molecular weight is 193 g/mol. The number of carbonyl (C=O) groups is 1. The van der Waals surface area contributed by atoms with Gasteiger partial charge in [0.25, 0.3) is 0 Å². The molecule has 0 aromatic rings. The Morgan fingerprint density at radius 1 is 1.58 bits per heavy atom. The second kappa shape index (κ2) is 5.77. The lowest BCUT2D eigenvalue weighted by Crippen LogP contribution is -2.22. The molecule has 1 atom stereocenters. The van der Waals surface area contributed by atoms with Gasteiger partial charge in [-0.25, -0.2) is 9.59 Å². The lowest BCUT2D eigenvalue weighted by Gasteiger charge is -2.04. The van der Waals surface area contributed by atoms with Crippen molar-refractivity contribution in [3.05, 3.63) is 5.57 Å². The molecule has 0 aromatic carbocycles. The molecule has 0 saturated heterocycles. The maximum atomic E-state index is 10.2. The van der Waals surface area contributed by atoms with Crippen LogP contribution in [0.4, 0.5) is 0 Å². The first kappa shape index (κ1) is 11.2. The number of carbonyl (C=O) groups excluding carboxylic acids is 1. The highest BCUT2D eigenvalue weighted by Crippen LogP contribution is 2.07. The Morgan fingerprint density at radius 2 is 2.17 bits per heavy atom.